The minimum Gasteiger partial charge on any atom is -0.451 e. The summed E-state index contributed by atoms with van der Waals surface area (Å²) >= 11 is 5.81. The van der Waals surface area contributed by atoms with Crippen molar-refractivity contribution < 1.29 is 9.21 Å². The number of hydrogen-bond donors (Lipinski definition) is 2. The van der Waals surface area contributed by atoms with Gasteiger partial charge in [-0.25, -0.2) is 9.78 Å². The number of rotatable bonds is 4. The Bertz CT molecular complexity index is 514. The van der Waals surface area contributed by atoms with E-state index >= 15 is 0 Å². The van der Waals surface area contributed by atoms with Crippen molar-refractivity contribution in [2.45, 2.75) is 6.42 Å². The van der Waals surface area contributed by atoms with Crippen LogP contribution < -0.4 is 10.6 Å². The second kappa shape index (κ2) is 6.07. The van der Waals surface area contributed by atoms with Crippen LogP contribution in [0.5, 0.6) is 0 Å². The lowest BCUT2D eigenvalue weighted by Gasteiger charge is -2.06. The molecule has 1 aromatic heterocycles. The van der Waals surface area contributed by atoms with Crippen LogP contribution >= 0.6 is 11.6 Å². The van der Waals surface area contributed by atoms with E-state index in [-0.39, 0.29) is 6.03 Å². The van der Waals surface area contributed by atoms with Gasteiger partial charge in [-0.2, -0.15) is 0 Å². The van der Waals surface area contributed by atoms with Crippen molar-refractivity contribution in [2.24, 2.45) is 0 Å². The van der Waals surface area contributed by atoms with E-state index in [9.17, 15) is 4.79 Å². The van der Waals surface area contributed by atoms with Gasteiger partial charge in [-0.1, -0.05) is 17.7 Å². The Kier molecular flexibility index (Phi) is 4.20. The third kappa shape index (κ3) is 3.78. The van der Waals surface area contributed by atoms with Gasteiger partial charge in [-0.15, -0.1) is 0 Å². The molecule has 0 bridgehead atoms. The van der Waals surface area contributed by atoms with Crippen molar-refractivity contribution >= 4 is 23.3 Å². The molecule has 0 unspecified atom stereocenters. The zero-order chi connectivity index (χ0) is 12.8. The molecule has 0 radical (unpaired) electrons. The van der Waals surface area contributed by atoms with Gasteiger partial charge in [0, 0.05) is 23.7 Å². The maximum Gasteiger partial charge on any atom is 0.319 e. The number of nitrogens with one attached hydrogen (secondary N) is 2. The second-order valence-corrected chi connectivity index (χ2v) is 4.06. The molecule has 0 fully saturated rings. The summed E-state index contributed by atoms with van der Waals surface area (Å²) in [6.07, 6.45) is 3.54. The maximum absolute atomic E-state index is 11.5. The summed E-state index contributed by atoms with van der Waals surface area (Å²) < 4.78 is 4.83. The Balaban J connectivity index is 1.75. The molecule has 2 aromatic rings. The highest BCUT2D eigenvalue weighted by atomic mass is 35.5. The van der Waals surface area contributed by atoms with Gasteiger partial charge >= 0.3 is 6.03 Å². The Morgan fingerprint density at radius 2 is 2.33 bits per heavy atom. The van der Waals surface area contributed by atoms with Crippen LogP contribution in [0.25, 0.3) is 0 Å². The van der Waals surface area contributed by atoms with Crippen LogP contribution in [0.3, 0.4) is 0 Å². The lowest BCUT2D eigenvalue weighted by Crippen LogP contribution is -2.30. The first-order chi connectivity index (χ1) is 8.74. The maximum atomic E-state index is 11.5. The number of hydrogen-bond acceptors (Lipinski definition) is 3. The molecule has 18 heavy (non-hydrogen) atoms. The monoisotopic (exact) mass is 265 g/mol. The molecule has 0 saturated carbocycles. The van der Waals surface area contributed by atoms with Crippen LogP contribution in [-0.4, -0.2) is 17.6 Å². The highest BCUT2D eigenvalue weighted by Crippen LogP contribution is 2.14. The number of nitrogens with zero attached hydrogens (tertiary/aromatic N) is 1. The summed E-state index contributed by atoms with van der Waals surface area (Å²) in [5.41, 5.74) is 1.46. The highest BCUT2D eigenvalue weighted by molar-refractivity contribution is 6.30. The standard InChI is InChI=1S/C12H12ClN3O2/c13-9-2-1-3-10(6-9)16-12(17)14-5-4-11-7-18-8-15-11/h1-3,6-8H,4-5H2,(H2,14,16,17). The van der Waals surface area contributed by atoms with Gasteiger partial charge in [-0.05, 0) is 18.2 Å². The van der Waals surface area contributed by atoms with Crippen molar-refractivity contribution in [3.05, 3.63) is 47.6 Å². The van der Waals surface area contributed by atoms with Gasteiger partial charge in [-0.3, -0.25) is 0 Å². The summed E-state index contributed by atoms with van der Waals surface area (Å²) in [5, 5.41) is 5.98. The van der Waals surface area contributed by atoms with E-state index in [1.54, 1.807) is 30.5 Å². The molecule has 2 amide bonds. The number of carbonyl (C=O) groups is 1. The SMILES string of the molecule is O=C(NCCc1cocn1)Nc1cccc(Cl)c1. The summed E-state index contributed by atoms with van der Waals surface area (Å²) in [7, 11) is 0. The van der Waals surface area contributed by atoms with Crippen molar-refractivity contribution in [3.8, 4) is 0 Å². The lowest BCUT2D eigenvalue weighted by molar-refractivity contribution is 0.252. The predicted octanol–water partition coefficient (Wildman–Crippen LogP) is 2.69. The number of amides is 2. The smallest absolute Gasteiger partial charge is 0.319 e. The normalized spacial score (nSPS) is 10.1. The number of benzene rings is 1. The average molecular weight is 266 g/mol. The molecule has 0 atom stereocenters. The summed E-state index contributed by atoms with van der Waals surface area (Å²) in [6, 6.07) is 6.69. The number of carbonyl (C=O) groups excluding carboxylic acids is 1. The summed E-state index contributed by atoms with van der Waals surface area (Å²) in [4.78, 5) is 15.5. The van der Waals surface area contributed by atoms with Gasteiger partial charge < -0.3 is 15.1 Å². The molecule has 2 N–H and O–H groups in total. The van der Waals surface area contributed by atoms with Gasteiger partial charge in [0.25, 0.3) is 0 Å². The van der Waals surface area contributed by atoms with E-state index < -0.39 is 0 Å². The molecule has 0 aliphatic rings. The largest absolute Gasteiger partial charge is 0.451 e. The number of anilines is 1. The number of oxazole rings is 1. The van der Waals surface area contributed by atoms with Crippen LogP contribution in [0, 0.1) is 0 Å². The molecule has 5 nitrogen and oxygen atoms in total. The molecule has 0 aliphatic heterocycles. The summed E-state index contributed by atoms with van der Waals surface area (Å²) in [6.45, 7) is 0.485. The van der Waals surface area contributed by atoms with E-state index in [0.29, 0.717) is 23.7 Å². The lowest BCUT2D eigenvalue weighted by atomic mass is 10.3. The van der Waals surface area contributed by atoms with Gasteiger partial charge in [0.05, 0.1) is 5.69 Å². The number of urea groups is 1. The van der Waals surface area contributed by atoms with Crippen molar-refractivity contribution in [1.82, 2.24) is 10.3 Å². The first-order valence-electron chi connectivity index (χ1n) is 5.41. The fraction of sp³-hybridized carbons (Fsp3) is 0.167. The minimum absolute atomic E-state index is 0.277. The molecule has 94 valence electrons. The molecule has 0 saturated heterocycles. The fourth-order valence-corrected chi connectivity index (χ4v) is 1.60. The van der Waals surface area contributed by atoms with E-state index in [1.165, 1.54) is 6.39 Å². The highest BCUT2D eigenvalue weighted by Gasteiger charge is 2.02. The Labute approximate surface area is 109 Å². The Morgan fingerprint density at radius 1 is 1.44 bits per heavy atom. The molecule has 2 rings (SSSR count). The van der Waals surface area contributed by atoms with E-state index in [0.717, 1.165) is 5.69 Å². The molecule has 0 spiro atoms. The van der Waals surface area contributed by atoms with Gasteiger partial charge in [0.1, 0.15) is 6.26 Å². The average Bonchev–Trinajstić information content (AvgIpc) is 2.82. The van der Waals surface area contributed by atoms with Crippen LogP contribution in [0.2, 0.25) is 5.02 Å². The Morgan fingerprint density at radius 3 is 3.06 bits per heavy atom. The molecule has 1 aromatic carbocycles. The van der Waals surface area contributed by atoms with Crippen LogP contribution in [0.1, 0.15) is 5.69 Å². The quantitative estimate of drug-likeness (QED) is 0.893. The van der Waals surface area contributed by atoms with Crippen molar-refractivity contribution in [2.75, 3.05) is 11.9 Å². The number of aromatic nitrogens is 1. The zero-order valence-corrected chi connectivity index (χ0v) is 10.3. The topological polar surface area (TPSA) is 67.2 Å². The third-order valence-electron chi connectivity index (χ3n) is 2.23. The van der Waals surface area contributed by atoms with E-state index in [2.05, 4.69) is 15.6 Å². The van der Waals surface area contributed by atoms with Crippen molar-refractivity contribution in [1.29, 1.82) is 0 Å². The molecular formula is C12H12ClN3O2. The second-order valence-electron chi connectivity index (χ2n) is 3.62. The van der Waals surface area contributed by atoms with Crippen molar-refractivity contribution in [3.63, 3.8) is 0 Å². The van der Waals surface area contributed by atoms with Crippen LogP contribution in [-0.2, 0) is 6.42 Å². The predicted molar refractivity (Wildman–Crippen MR) is 68.7 cm³/mol. The van der Waals surface area contributed by atoms with Crippen LogP contribution in [0.15, 0.2) is 41.3 Å². The summed E-state index contributed by atoms with van der Waals surface area (Å²) in [5.74, 6) is 0. The minimum atomic E-state index is -0.277. The third-order valence-corrected chi connectivity index (χ3v) is 2.47. The fourth-order valence-electron chi connectivity index (χ4n) is 1.41. The van der Waals surface area contributed by atoms with E-state index in [4.69, 9.17) is 16.0 Å². The molecule has 0 aliphatic carbocycles. The Hall–Kier alpha value is -2.01. The first kappa shape index (κ1) is 12.4. The van der Waals surface area contributed by atoms with Gasteiger partial charge in [0.2, 0.25) is 0 Å². The van der Waals surface area contributed by atoms with E-state index in [1.807, 2.05) is 0 Å². The molecule has 1 heterocycles. The number of halogens is 1. The first-order valence-corrected chi connectivity index (χ1v) is 5.79. The molecular weight excluding hydrogens is 254 g/mol. The molecule has 6 heteroatoms. The zero-order valence-electron chi connectivity index (χ0n) is 9.52. The van der Waals surface area contributed by atoms with Crippen LogP contribution in [0.4, 0.5) is 10.5 Å². The van der Waals surface area contributed by atoms with Gasteiger partial charge in [0.15, 0.2) is 6.39 Å².